The number of fused-ring (bicyclic) bond motifs is 1. The van der Waals surface area contributed by atoms with Crippen molar-refractivity contribution in [3.8, 4) is 5.75 Å². The first-order valence-corrected chi connectivity index (χ1v) is 10.1. The summed E-state index contributed by atoms with van der Waals surface area (Å²) in [5, 5.41) is 3.94. The SMILES string of the molecule is CCOc1ccccc1N1C[C@H](C(=O)Nc2ccc3nc(C)sc3c2)CC1=O. The van der Waals surface area contributed by atoms with Crippen LogP contribution in [0.4, 0.5) is 11.4 Å². The van der Waals surface area contributed by atoms with E-state index in [1.54, 1.807) is 16.2 Å². The molecule has 28 heavy (non-hydrogen) atoms. The Kier molecular flexibility index (Phi) is 5.00. The number of aromatic nitrogens is 1. The maximum Gasteiger partial charge on any atom is 0.229 e. The Morgan fingerprint density at radius 1 is 1.32 bits per heavy atom. The molecule has 2 amide bonds. The lowest BCUT2D eigenvalue weighted by atomic mass is 10.1. The standard InChI is InChI=1S/C21H21N3O3S/c1-3-27-18-7-5-4-6-17(18)24-12-14(10-20(24)25)21(26)23-15-8-9-16-19(11-15)28-13(2)22-16/h4-9,11,14H,3,10,12H2,1-2H3,(H,23,26)/t14-/m1/s1. The zero-order valence-electron chi connectivity index (χ0n) is 15.8. The third kappa shape index (κ3) is 3.57. The third-order valence-electron chi connectivity index (χ3n) is 4.71. The number of aryl methyl sites for hydroxylation is 1. The van der Waals surface area contributed by atoms with Crippen LogP contribution in [0.2, 0.25) is 0 Å². The number of rotatable bonds is 5. The van der Waals surface area contributed by atoms with Crippen LogP contribution >= 0.6 is 11.3 Å². The Morgan fingerprint density at radius 3 is 2.96 bits per heavy atom. The van der Waals surface area contributed by atoms with Gasteiger partial charge >= 0.3 is 0 Å². The average Bonchev–Trinajstić information content (AvgIpc) is 3.24. The smallest absolute Gasteiger partial charge is 0.229 e. The van der Waals surface area contributed by atoms with E-state index in [2.05, 4.69) is 10.3 Å². The molecule has 1 aliphatic rings. The summed E-state index contributed by atoms with van der Waals surface area (Å²) in [4.78, 5) is 31.4. The van der Waals surface area contributed by atoms with Crippen LogP contribution in [-0.2, 0) is 9.59 Å². The molecule has 0 radical (unpaired) electrons. The minimum Gasteiger partial charge on any atom is -0.492 e. The lowest BCUT2D eigenvalue weighted by molar-refractivity contribution is -0.122. The number of carbonyl (C=O) groups excluding carboxylic acids is 2. The van der Waals surface area contributed by atoms with Crippen molar-refractivity contribution in [2.24, 2.45) is 5.92 Å². The van der Waals surface area contributed by atoms with Gasteiger partial charge in [-0.05, 0) is 44.2 Å². The Hall–Kier alpha value is -2.93. The Morgan fingerprint density at radius 2 is 2.14 bits per heavy atom. The van der Waals surface area contributed by atoms with Gasteiger partial charge in [-0.2, -0.15) is 0 Å². The molecule has 1 N–H and O–H groups in total. The fourth-order valence-electron chi connectivity index (χ4n) is 3.44. The monoisotopic (exact) mass is 395 g/mol. The molecule has 0 unspecified atom stereocenters. The molecule has 144 valence electrons. The van der Waals surface area contributed by atoms with Gasteiger partial charge in [-0.25, -0.2) is 4.98 Å². The van der Waals surface area contributed by atoms with Crippen LogP contribution < -0.4 is 15.0 Å². The number of thiazole rings is 1. The molecular weight excluding hydrogens is 374 g/mol. The molecule has 1 saturated heterocycles. The van der Waals surface area contributed by atoms with Gasteiger partial charge in [0.25, 0.3) is 0 Å². The summed E-state index contributed by atoms with van der Waals surface area (Å²) in [6.07, 6.45) is 0.189. The Labute approximate surface area is 167 Å². The first-order chi connectivity index (χ1) is 13.5. The molecule has 0 aliphatic carbocycles. The fraction of sp³-hybridized carbons (Fsp3) is 0.286. The summed E-state index contributed by atoms with van der Waals surface area (Å²) in [6.45, 7) is 4.72. The van der Waals surface area contributed by atoms with Gasteiger partial charge in [0.15, 0.2) is 0 Å². The van der Waals surface area contributed by atoms with E-state index < -0.39 is 5.92 Å². The quantitative estimate of drug-likeness (QED) is 0.709. The predicted molar refractivity (Wildman–Crippen MR) is 111 cm³/mol. The molecule has 3 aromatic rings. The second kappa shape index (κ2) is 7.59. The number of amides is 2. The Balaban J connectivity index is 1.49. The van der Waals surface area contributed by atoms with Crippen LogP contribution in [0.5, 0.6) is 5.75 Å². The first kappa shape index (κ1) is 18.4. The lowest BCUT2D eigenvalue weighted by Gasteiger charge is -2.20. The van der Waals surface area contributed by atoms with Gasteiger partial charge < -0.3 is 15.0 Å². The minimum absolute atomic E-state index is 0.0687. The summed E-state index contributed by atoms with van der Waals surface area (Å²) in [7, 11) is 0. The van der Waals surface area contributed by atoms with Crippen molar-refractivity contribution in [3.05, 3.63) is 47.5 Å². The highest BCUT2D eigenvalue weighted by Gasteiger charge is 2.36. The van der Waals surface area contributed by atoms with E-state index in [0.29, 0.717) is 24.6 Å². The van der Waals surface area contributed by atoms with E-state index in [9.17, 15) is 9.59 Å². The molecule has 2 aromatic carbocycles. The second-order valence-corrected chi connectivity index (χ2v) is 7.95. The molecule has 4 rings (SSSR count). The van der Waals surface area contributed by atoms with E-state index >= 15 is 0 Å². The van der Waals surface area contributed by atoms with E-state index in [1.165, 1.54) is 0 Å². The number of hydrogen-bond acceptors (Lipinski definition) is 5. The fourth-order valence-corrected chi connectivity index (χ4v) is 4.30. The second-order valence-electron chi connectivity index (χ2n) is 6.71. The number of hydrogen-bond donors (Lipinski definition) is 1. The maximum atomic E-state index is 12.8. The first-order valence-electron chi connectivity index (χ1n) is 9.25. The molecule has 1 atom stereocenters. The van der Waals surface area contributed by atoms with Crippen LogP contribution in [0, 0.1) is 12.8 Å². The molecule has 6 nitrogen and oxygen atoms in total. The van der Waals surface area contributed by atoms with Gasteiger partial charge in [-0.3, -0.25) is 9.59 Å². The maximum absolute atomic E-state index is 12.8. The van der Waals surface area contributed by atoms with Crippen molar-refractivity contribution in [1.82, 2.24) is 4.98 Å². The summed E-state index contributed by atoms with van der Waals surface area (Å²) >= 11 is 1.59. The largest absolute Gasteiger partial charge is 0.492 e. The highest BCUT2D eigenvalue weighted by molar-refractivity contribution is 7.18. The van der Waals surface area contributed by atoms with Gasteiger partial charge in [0.1, 0.15) is 5.75 Å². The highest BCUT2D eigenvalue weighted by Crippen LogP contribution is 2.33. The van der Waals surface area contributed by atoms with Gasteiger partial charge in [0.2, 0.25) is 11.8 Å². The molecule has 0 bridgehead atoms. The van der Waals surface area contributed by atoms with Crippen LogP contribution in [0.1, 0.15) is 18.4 Å². The molecule has 7 heteroatoms. The zero-order chi connectivity index (χ0) is 19.7. The number of ether oxygens (including phenoxy) is 1. The summed E-state index contributed by atoms with van der Waals surface area (Å²) in [6, 6.07) is 13.1. The average molecular weight is 395 g/mol. The van der Waals surface area contributed by atoms with Gasteiger partial charge in [0, 0.05) is 18.7 Å². The Bertz CT molecular complexity index is 1050. The molecule has 0 spiro atoms. The van der Waals surface area contributed by atoms with E-state index in [4.69, 9.17) is 4.74 Å². The van der Waals surface area contributed by atoms with E-state index in [-0.39, 0.29) is 18.2 Å². The van der Waals surface area contributed by atoms with Crippen molar-refractivity contribution in [2.45, 2.75) is 20.3 Å². The van der Waals surface area contributed by atoms with Crippen molar-refractivity contribution < 1.29 is 14.3 Å². The van der Waals surface area contributed by atoms with Gasteiger partial charge in [0.05, 0.1) is 33.4 Å². The molecule has 2 heterocycles. The van der Waals surface area contributed by atoms with Crippen LogP contribution in [0.3, 0.4) is 0 Å². The highest BCUT2D eigenvalue weighted by atomic mass is 32.1. The van der Waals surface area contributed by atoms with Crippen molar-refractivity contribution in [3.63, 3.8) is 0 Å². The molecule has 1 aromatic heterocycles. The van der Waals surface area contributed by atoms with Gasteiger partial charge in [-0.15, -0.1) is 11.3 Å². The summed E-state index contributed by atoms with van der Waals surface area (Å²) in [5.41, 5.74) is 2.36. The van der Waals surface area contributed by atoms with Crippen LogP contribution in [0.25, 0.3) is 10.2 Å². The summed E-state index contributed by atoms with van der Waals surface area (Å²) in [5.74, 6) is 0.0395. The summed E-state index contributed by atoms with van der Waals surface area (Å²) < 4.78 is 6.67. The van der Waals surface area contributed by atoms with Crippen molar-refractivity contribution in [2.75, 3.05) is 23.4 Å². The third-order valence-corrected chi connectivity index (χ3v) is 5.65. The number of anilines is 2. The lowest BCUT2D eigenvalue weighted by Crippen LogP contribution is -2.28. The number of nitrogens with zero attached hydrogens (tertiary/aromatic N) is 2. The van der Waals surface area contributed by atoms with Crippen molar-refractivity contribution >= 4 is 44.7 Å². The number of carbonyl (C=O) groups is 2. The van der Waals surface area contributed by atoms with Crippen molar-refractivity contribution in [1.29, 1.82) is 0 Å². The van der Waals surface area contributed by atoms with Crippen LogP contribution in [0.15, 0.2) is 42.5 Å². The predicted octanol–water partition coefficient (Wildman–Crippen LogP) is 4.00. The number of para-hydroxylation sites is 2. The molecule has 1 fully saturated rings. The molecule has 1 aliphatic heterocycles. The van der Waals surface area contributed by atoms with Crippen LogP contribution in [-0.4, -0.2) is 29.9 Å². The normalized spacial score (nSPS) is 16.6. The number of benzene rings is 2. The molecular formula is C21H21N3O3S. The topological polar surface area (TPSA) is 71.5 Å². The van der Waals surface area contributed by atoms with E-state index in [0.717, 1.165) is 20.9 Å². The molecule has 0 saturated carbocycles. The van der Waals surface area contributed by atoms with E-state index in [1.807, 2.05) is 56.3 Å². The zero-order valence-corrected chi connectivity index (χ0v) is 16.6. The van der Waals surface area contributed by atoms with Gasteiger partial charge in [-0.1, -0.05) is 12.1 Å². The minimum atomic E-state index is -0.402. The number of nitrogens with one attached hydrogen (secondary N) is 1.